The van der Waals surface area contributed by atoms with E-state index in [0.717, 1.165) is 42.3 Å². The Balaban J connectivity index is 1.37. The van der Waals surface area contributed by atoms with E-state index in [2.05, 4.69) is 25.5 Å². The van der Waals surface area contributed by atoms with Crippen LogP contribution >= 0.6 is 0 Å². The fourth-order valence-electron chi connectivity index (χ4n) is 4.13. The molecule has 1 amide bonds. The average Bonchev–Trinajstić information content (AvgIpc) is 3.47. The molecular formula is C22H22N6O2. The normalized spacial score (nSPS) is 14.4. The van der Waals surface area contributed by atoms with Crippen molar-refractivity contribution >= 4 is 22.9 Å². The number of hydrogen-bond donors (Lipinski definition) is 3. The second kappa shape index (κ2) is 7.29. The number of hydrogen-bond acceptors (Lipinski definition) is 4. The van der Waals surface area contributed by atoms with Gasteiger partial charge in [-0.15, -0.1) is 5.10 Å². The highest BCUT2D eigenvalue weighted by Crippen LogP contribution is 2.30. The lowest BCUT2D eigenvalue weighted by atomic mass is 10.1. The molecule has 0 aliphatic heterocycles. The van der Waals surface area contributed by atoms with Gasteiger partial charge in [0.1, 0.15) is 0 Å². The molecule has 8 heteroatoms. The van der Waals surface area contributed by atoms with Crippen molar-refractivity contribution in [2.45, 2.75) is 38.6 Å². The van der Waals surface area contributed by atoms with Crippen LogP contribution in [-0.2, 0) is 0 Å². The summed E-state index contributed by atoms with van der Waals surface area (Å²) in [6, 6.07) is 13.4. The fourth-order valence-corrected chi connectivity index (χ4v) is 4.13. The summed E-state index contributed by atoms with van der Waals surface area (Å²) in [7, 11) is 0. The molecule has 0 atom stereocenters. The minimum atomic E-state index is -0.333. The fraction of sp³-hybridized carbons (Fsp3) is 0.273. The van der Waals surface area contributed by atoms with Crippen LogP contribution in [0.3, 0.4) is 0 Å². The van der Waals surface area contributed by atoms with Gasteiger partial charge in [-0.1, -0.05) is 42.7 Å². The van der Waals surface area contributed by atoms with Gasteiger partial charge >= 0.3 is 5.69 Å². The molecular weight excluding hydrogens is 380 g/mol. The van der Waals surface area contributed by atoms with E-state index in [0.29, 0.717) is 16.9 Å². The highest BCUT2D eigenvalue weighted by atomic mass is 16.2. The maximum Gasteiger partial charge on any atom is 0.326 e. The molecule has 4 aromatic rings. The third-order valence-corrected chi connectivity index (χ3v) is 5.70. The lowest BCUT2D eigenvalue weighted by Crippen LogP contribution is -2.20. The first-order valence-electron chi connectivity index (χ1n) is 10.1. The third-order valence-electron chi connectivity index (χ3n) is 5.70. The molecule has 5 rings (SSSR count). The van der Waals surface area contributed by atoms with Crippen molar-refractivity contribution in [1.82, 2.24) is 24.7 Å². The third kappa shape index (κ3) is 3.30. The molecule has 152 valence electrons. The molecule has 1 aliphatic rings. The van der Waals surface area contributed by atoms with Crippen LogP contribution in [0.15, 0.2) is 47.3 Å². The van der Waals surface area contributed by atoms with Gasteiger partial charge in [0.05, 0.1) is 11.0 Å². The Morgan fingerprint density at radius 2 is 1.90 bits per heavy atom. The molecule has 0 saturated heterocycles. The zero-order valence-corrected chi connectivity index (χ0v) is 16.6. The predicted molar refractivity (Wildman–Crippen MR) is 115 cm³/mol. The van der Waals surface area contributed by atoms with Crippen molar-refractivity contribution in [3.63, 3.8) is 0 Å². The van der Waals surface area contributed by atoms with Crippen LogP contribution in [0.4, 0.5) is 5.95 Å². The van der Waals surface area contributed by atoms with Crippen LogP contribution < -0.4 is 11.0 Å². The minimum absolute atomic E-state index is 0.119. The lowest BCUT2D eigenvalue weighted by Gasteiger charge is -2.11. The van der Waals surface area contributed by atoms with E-state index in [-0.39, 0.29) is 23.6 Å². The molecule has 2 aromatic heterocycles. The van der Waals surface area contributed by atoms with E-state index in [4.69, 9.17) is 0 Å². The maximum atomic E-state index is 12.7. The van der Waals surface area contributed by atoms with Gasteiger partial charge in [-0.05, 0) is 38.0 Å². The zero-order valence-electron chi connectivity index (χ0n) is 16.6. The number of carbonyl (C=O) groups is 1. The number of aryl methyl sites for hydroxylation is 1. The summed E-state index contributed by atoms with van der Waals surface area (Å²) in [5, 5.41) is 9.64. The molecule has 2 heterocycles. The smallest absolute Gasteiger partial charge is 0.306 e. The Morgan fingerprint density at radius 3 is 2.67 bits per heavy atom. The molecule has 1 aliphatic carbocycles. The second-order valence-corrected chi connectivity index (χ2v) is 7.80. The minimum Gasteiger partial charge on any atom is -0.306 e. The number of anilines is 1. The number of carbonyl (C=O) groups excluding carboxylic acids is 1. The van der Waals surface area contributed by atoms with Gasteiger partial charge in [-0.3, -0.25) is 19.8 Å². The Kier molecular flexibility index (Phi) is 4.46. The topological polar surface area (TPSA) is 108 Å². The molecule has 0 radical (unpaired) electrons. The summed E-state index contributed by atoms with van der Waals surface area (Å²) in [4.78, 5) is 32.4. The monoisotopic (exact) mass is 402 g/mol. The summed E-state index contributed by atoms with van der Waals surface area (Å²) in [5.41, 5.74) is 3.86. The molecule has 30 heavy (non-hydrogen) atoms. The Morgan fingerprint density at radius 1 is 1.13 bits per heavy atom. The van der Waals surface area contributed by atoms with E-state index in [1.165, 1.54) is 0 Å². The number of benzene rings is 2. The molecule has 2 aromatic carbocycles. The van der Waals surface area contributed by atoms with Crippen molar-refractivity contribution in [2.24, 2.45) is 0 Å². The van der Waals surface area contributed by atoms with Gasteiger partial charge in [0.2, 0.25) is 5.95 Å². The number of nitrogens with zero attached hydrogens (tertiary/aromatic N) is 3. The van der Waals surface area contributed by atoms with E-state index in [9.17, 15) is 9.59 Å². The number of aromatic amines is 2. The number of amides is 1. The number of rotatable bonds is 4. The largest absolute Gasteiger partial charge is 0.326 e. The van der Waals surface area contributed by atoms with Gasteiger partial charge in [0.15, 0.2) is 5.82 Å². The van der Waals surface area contributed by atoms with E-state index in [1.54, 1.807) is 12.1 Å². The molecule has 0 unspecified atom stereocenters. The van der Waals surface area contributed by atoms with Crippen molar-refractivity contribution in [3.05, 3.63) is 64.1 Å². The first kappa shape index (κ1) is 18.4. The Bertz CT molecular complexity index is 1280. The quantitative estimate of drug-likeness (QED) is 0.482. The van der Waals surface area contributed by atoms with Crippen LogP contribution in [0, 0.1) is 6.92 Å². The number of nitrogens with one attached hydrogen (secondary N) is 3. The van der Waals surface area contributed by atoms with Crippen molar-refractivity contribution in [1.29, 1.82) is 0 Å². The Hall–Kier alpha value is -3.68. The van der Waals surface area contributed by atoms with Crippen LogP contribution in [-0.4, -0.2) is 30.6 Å². The zero-order chi connectivity index (χ0) is 20.7. The SMILES string of the molecule is Cc1ccc(-c2nc(NC(=O)c3ccc4c(c3)[nH]c(=O)n4C3CCCC3)n[nH]2)cc1. The summed E-state index contributed by atoms with van der Waals surface area (Å²) in [6.45, 7) is 2.02. The van der Waals surface area contributed by atoms with Gasteiger partial charge in [0.25, 0.3) is 5.91 Å². The molecule has 8 nitrogen and oxygen atoms in total. The number of aromatic nitrogens is 5. The van der Waals surface area contributed by atoms with Crippen molar-refractivity contribution in [2.75, 3.05) is 5.32 Å². The van der Waals surface area contributed by atoms with Gasteiger partial charge in [0, 0.05) is 17.2 Å². The molecule has 1 fully saturated rings. The Labute approximate surface area is 172 Å². The number of H-pyrrole nitrogens is 2. The molecule has 0 spiro atoms. The standard InChI is InChI=1S/C22H22N6O2/c1-13-6-8-14(9-7-13)19-24-21(27-26-19)25-20(29)15-10-11-18-17(12-15)23-22(30)28(18)16-4-2-3-5-16/h6-12,16H,2-5H2,1H3,(H,23,30)(H2,24,25,26,27,29). The van der Waals surface area contributed by atoms with E-state index < -0.39 is 0 Å². The van der Waals surface area contributed by atoms with Gasteiger partial charge in [-0.2, -0.15) is 4.98 Å². The van der Waals surface area contributed by atoms with Crippen LogP contribution in [0.1, 0.15) is 47.6 Å². The summed E-state index contributed by atoms with van der Waals surface area (Å²) in [6.07, 6.45) is 4.32. The first-order chi connectivity index (χ1) is 14.6. The van der Waals surface area contributed by atoms with E-state index in [1.807, 2.05) is 41.8 Å². The lowest BCUT2D eigenvalue weighted by molar-refractivity contribution is 0.102. The summed E-state index contributed by atoms with van der Waals surface area (Å²) < 4.78 is 1.83. The van der Waals surface area contributed by atoms with Crippen LogP contribution in [0.5, 0.6) is 0 Å². The summed E-state index contributed by atoms with van der Waals surface area (Å²) in [5.74, 6) is 0.451. The molecule has 1 saturated carbocycles. The maximum absolute atomic E-state index is 12.7. The van der Waals surface area contributed by atoms with Gasteiger partial charge in [-0.25, -0.2) is 4.79 Å². The summed E-state index contributed by atoms with van der Waals surface area (Å²) >= 11 is 0. The van der Waals surface area contributed by atoms with Crippen molar-refractivity contribution < 1.29 is 4.79 Å². The number of imidazole rings is 1. The van der Waals surface area contributed by atoms with E-state index >= 15 is 0 Å². The molecule has 3 N–H and O–H groups in total. The highest BCUT2D eigenvalue weighted by molar-refractivity contribution is 6.05. The number of fused-ring (bicyclic) bond motifs is 1. The molecule has 0 bridgehead atoms. The average molecular weight is 402 g/mol. The van der Waals surface area contributed by atoms with Crippen LogP contribution in [0.25, 0.3) is 22.4 Å². The van der Waals surface area contributed by atoms with Gasteiger partial charge < -0.3 is 4.98 Å². The van der Waals surface area contributed by atoms with Crippen molar-refractivity contribution in [3.8, 4) is 11.4 Å². The predicted octanol–water partition coefficient (Wildman–Crippen LogP) is 3.79. The first-order valence-corrected chi connectivity index (χ1v) is 10.1. The second-order valence-electron chi connectivity index (χ2n) is 7.80. The highest BCUT2D eigenvalue weighted by Gasteiger charge is 2.21. The van der Waals surface area contributed by atoms with Crippen LogP contribution in [0.2, 0.25) is 0 Å².